The minimum Gasteiger partial charge on any atom is -0.290 e. The summed E-state index contributed by atoms with van der Waals surface area (Å²) >= 11 is 0. The third kappa shape index (κ3) is 3.46. The van der Waals surface area contributed by atoms with Crippen molar-refractivity contribution in [1.29, 1.82) is 0 Å². The Morgan fingerprint density at radius 1 is 0.923 bits per heavy atom. The Morgan fingerprint density at radius 3 is 2.12 bits per heavy atom. The molecule has 0 spiro atoms. The maximum atomic E-state index is 12.9. The second-order valence-electron chi connectivity index (χ2n) is 5.20. The Hall–Kier alpha value is -3.11. The van der Waals surface area contributed by atoms with Gasteiger partial charge in [0, 0.05) is 11.8 Å². The second kappa shape index (κ2) is 6.00. The molecule has 0 aliphatic heterocycles. The number of benzene rings is 1. The first-order valence-corrected chi connectivity index (χ1v) is 6.96. The summed E-state index contributed by atoms with van der Waals surface area (Å²) in [5, 5.41) is 9.51. The lowest BCUT2D eigenvalue weighted by atomic mass is 10.0. The molecule has 0 fully saturated rings. The number of halogens is 6. The quantitative estimate of drug-likeness (QED) is 0.690. The van der Waals surface area contributed by atoms with Crippen LogP contribution in [0.5, 0.6) is 0 Å². The van der Waals surface area contributed by atoms with Crippen LogP contribution < -0.4 is 5.32 Å². The van der Waals surface area contributed by atoms with Crippen LogP contribution in [0.4, 0.5) is 32.3 Å². The maximum absolute atomic E-state index is 12.9. The van der Waals surface area contributed by atoms with E-state index < -0.39 is 35.0 Å². The zero-order chi connectivity index (χ0) is 19.1. The van der Waals surface area contributed by atoms with Gasteiger partial charge in [-0.25, -0.2) is 0 Å². The predicted molar refractivity (Wildman–Crippen MR) is 77.4 cm³/mol. The molecule has 0 aliphatic carbocycles. The van der Waals surface area contributed by atoms with E-state index in [1.165, 1.54) is 10.6 Å². The van der Waals surface area contributed by atoms with Gasteiger partial charge in [0.05, 0.1) is 11.1 Å². The highest BCUT2D eigenvalue weighted by Gasteiger charge is 2.37. The standard InChI is InChI=1S/C15H8F6N4O/c16-14(17,18)9-5-8(6-10(7-9)15(19,20)21)12(26)22-13-24-23-11-3-1-2-4-25(11)13/h1-7H,(H,22,24,26). The van der Waals surface area contributed by atoms with E-state index in [9.17, 15) is 31.1 Å². The van der Waals surface area contributed by atoms with Crippen molar-refractivity contribution in [2.24, 2.45) is 0 Å². The first-order valence-electron chi connectivity index (χ1n) is 6.96. The van der Waals surface area contributed by atoms with Crippen molar-refractivity contribution < 1.29 is 31.1 Å². The molecular weight excluding hydrogens is 366 g/mol. The lowest BCUT2D eigenvalue weighted by Gasteiger charge is -2.13. The zero-order valence-corrected chi connectivity index (χ0v) is 12.6. The predicted octanol–water partition coefficient (Wildman–Crippen LogP) is 4.02. The monoisotopic (exact) mass is 374 g/mol. The molecule has 1 N–H and O–H groups in total. The Bertz CT molecular complexity index is 944. The molecule has 0 radical (unpaired) electrons. The fraction of sp³-hybridized carbons (Fsp3) is 0.133. The molecule has 2 heterocycles. The Labute approximate surface area is 141 Å². The van der Waals surface area contributed by atoms with Crippen molar-refractivity contribution in [2.45, 2.75) is 12.4 Å². The van der Waals surface area contributed by atoms with Crippen LogP contribution in [-0.4, -0.2) is 20.5 Å². The summed E-state index contributed by atoms with van der Waals surface area (Å²) in [5.74, 6) is -1.32. The van der Waals surface area contributed by atoms with Crippen molar-refractivity contribution in [3.8, 4) is 0 Å². The topological polar surface area (TPSA) is 59.3 Å². The van der Waals surface area contributed by atoms with E-state index in [4.69, 9.17) is 0 Å². The normalized spacial score (nSPS) is 12.4. The molecule has 1 aromatic carbocycles. The van der Waals surface area contributed by atoms with E-state index in [1.807, 2.05) is 0 Å². The molecule has 11 heteroatoms. The lowest BCUT2D eigenvalue weighted by Crippen LogP contribution is -2.18. The Kier molecular flexibility index (Phi) is 4.09. The van der Waals surface area contributed by atoms with Gasteiger partial charge in [0.1, 0.15) is 0 Å². The number of fused-ring (bicyclic) bond motifs is 1. The number of nitrogens with zero attached hydrogens (tertiary/aromatic N) is 3. The van der Waals surface area contributed by atoms with E-state index >= 15 is 0 Å². The van der Waals surface area contributed by atoms with Gasteiger partial charge >= 0.3 is 12.4 Å². The van der Waals surface area contributed by atoms with Crippen molar-refractivity contribution >= 4 is 17.5 Å². The molecule has 0 saturated heterocycles. The molecule has 0 bridgehead atoms. The summed E-state index contributed by atoms with van der Waals surface area (Å²) < 4.78 is 78.5. The Balaban J connectivity index is 2.01. The maximum Gasteiger partial charge on any atom is 0.416 e. The van der Waals surface area contributed by atoms with E-state index in [2.05, 4.69) is 15.5 Å². The molecule has 3 aromatic rings. The first kappa shape index (κ1) is 17.7. The number of aromatic nitrogens is 3. The smallest absolute Gasteiger partial charge is 0.290 e. The highest BCUT2D eigenvalue weighted by atomic mass is 19.4. The average molecular weight is 374 g/mol. The lowest BCUT2D eigenvalue weighted by molar-refractivity contribution is -0.143. The molecule has 3 rings (SSSR count). The molecule has 2 aromatic heterocycles. The van der Waals surface area contributed by atoms with Gasteiger partial charge in [-0.2, -0.15) is 26.3 Å². The second-order valence-corrected chi connectivity index (χ2v) is 5.20. The van der Waals surface area contributed by atoms with Crippen LogP contribution in [0.1, 0.15) is 21.5 Å². The van der Waals surface area contributed by atoms with Gasteiger partial charge in [0.25, 0.3) is 5.91 Å². The van der Waals surface area contributed by atoms with Gasteiger partial charge in [-0.15, -0.1) is 10.2 Å². The third-order valence-electron chi connectivity index (χ3n) is 3.39. The van der Waals surface area contributed by atoms with Gasteiger partial charge in [-0.05, 0) is 30.3 Å². The van der Waals surface area contributed by atoms with E-state index in [0.29, 0.717) is 17.8 Å². The molecule has 0 aliphatic rings. The van der Waals surface area contributed by atoms with Crippen LogP contribution in [0, 0.1) is 0 Å². The average Bonchev–Trinajstić information content (AvgIpc) is 2.96. The zero-order valence-electron chi connectivity index (χ0n) is 12.6. The van der Waals surface area contributed by atoms with Crippen molar-refractivity contribution in [3.63, 3.8) is 0 Å². The summed E-state index contributed by atoms with van der Waals surface area (Å²) in [6.07, 6.45) is -8.62. The van der Waals surface area contributed by atoms with Crippen LogP contribution in [0.3, 0.4) is 0 Å². The van der Waals surface area contributed by atoms with Gasteiger partial charge < -0.3 is 0 Å². The van der Waals surface area contributed by atoms with Gasteiger partial charge in [0.15, 0.2) is 5.65 Å². The van der Waals surface area contributed by atoms with Crippen LogP contribution in [0.15, 0.2) is 42.6 Å². The summed E-state index contributed by atoms with van der Waals surface area (Å²) in [6.45, 7) is 0. The van der Waals surface area contributed by atoms with Crippen molar-refractivity contribution in [2.75, 3.05) is 5.32 Å². The van der Waals surface area contributed by atoms with Crippen LogP contribution in [-0.2, 0) is 12.4 Å². The van der Waals surface area contributed by atoms with Crippen molar-refractivity contribution in [1.82, 2.24) is 14.6 Å². The van der Waals surface area contributed by atoms with E-state index in [-0.39, 0.29) is 12.0 Å². The van der Waals surface area contributed by atoms with Crippen molar-refractivity contribution in [3.05, 3.63) is 59.3 Å². The van der Waals surface area contributed by atoms with Crippen LogP contribution in [0.25, 0.3) is 5.65 Å². The Morgan fingerprint density at radius 2 is 1.54 bits per heavy atom. The van der Waals surface area contributed by atoms with Crippen LogP contribution >= 0.6 is 0 Å². The number of alkyl halides is 6. The number of carbonyl (C=O) groups is 1. The summed E-state index contributed by atoms with van der Waals surface area (Å²) in [4.78, 5) is 12.2. The molecule has 0 saturated carbocycles. The summed E-state index contributed by atoms with van der Waals surface area (Å²) in [6, 6.07) is 5.40. The molecule has 136 valence electrons. The number of hydrogen-bond donors (Lipinski definition) is 1. The summed E-state index contributed by atoms with van der Waals surface area (Å²) in [5.41, 5.74) is -3.63. The van der Waals surface area contributed by atoms with E-state index in [0.717, 1.165) is 0 Å². The highest BCUT2D eigenvalue weighted by molar-refractivity contribution is 6.03. The fourth-order valence-corrected chi connectivity index (χ4v) is 2.19. The number of carbonyl (C=O) groups excluding carboxylic acids is 1. The third-order valence-corrected chi connectivity index (χ3v) is 3.39. The van der Waals surface area contributed by atoms with Gasteiger partial charge in [-0.3, -0.25) is 14.5 Å². The SMILES string of the molecule is O=C(Nc1nnc2ccccn12)c1cc(C(F)(F)F)cc(C(F)(F)F)c1. The molecule has 26 heavy (non-hydrogen) atoms. The number of amides is 1. The minimum atomic E-state index is -5.04. The number of pyridine rings is 1. The van der Waals surface area contributed by atoms with Gasteiger partial charge in [0.2, 0.25) is 5.95 Å². The van der Waals surface area contributed by atoms with E-state index in [1.54, 1.807) is 18.2 Å². The molecule has 1 amide bonds. The summed E-state index contributed by atoms with van der Waals surface area (Å²) in [7, 11) is 0. The number of hydrogen-bond acceptors (Lipinski definition) is 3. The molecular formula is C15H8F6N4O. The molecule has 5 nitrogen and oxygen atoms in total. The minimum absolute atomic E-state index is 0.0523. The van der Waals surface area contributed by atoms with Gasteiger partial charge in [-0.1, -0.05) is 6.07 Å². The number of anilines is 1. The number of rotatable bonds is 2. The highest BCUT2D eigenvalue weighted by Crippen LogP contribution is 2.36. The molecule has 0 atom stereocenters. The fourth-order valence-electron chi connectivity index (χ4n) is 2.19. The largest absolute Gasteiger partial charge is 0.416 e. The van der Waals surface area contributed by atoms with Crippen LogP contribution in [0.2, 0.25) is 0 Å². The molecule has 0 unspecified atom stereocenters. The number of nitrogens with one attached hydrogen (secondary N) is 1. The first-order chi connectivity index (χ1) is 12.1.